The first-order valence-corrected chi connectivity index (χ1v) is 8.47. The first kappa shape index (κ1) is 16.1. The number of Topliss-reactive ketones (excluding diaryl/α,β-unsaturated/α-hetero) is 1. The smallest absolute Gasteiger partial charge is 0.294 e. The second-order valence-corrected chi connectivity index (χ2v) is 7.10. The summed E-state index contributed by atoms with van der Waals surface area (Å²) < 4.78 is 35.3. The van der Waals surface area contributed by atoms with Crippen molar-refractivity contribution in [2.45, 2.75) is 32.6 Å². The molecule has 0 N–H and O–H groups in total. The molecule has 1 fully saturated rings. The molecule has 1 aromatic carbocycles. The Kier molecular flexibility index (Phi) is 4.78. The predicted octanol–water partition coefficient (Wildman–Crippen LogP) is 2.92. The van der Waals surface area contributed by atoms with E-state index in [1.807, 2.05) is 24.3 Å². The Morgan fingerprint density at radius 3 is 2.14 bits per heavy atom. The molecule has 0 radical (unpaired) electrons. The van der Waals surface area contributed by atoms with Crippen molar-refractivity contribution in [1.82, 2.24) is 4.31 Å². The van der Waals surface area contributed by atoms with Crippen molar-refractivity contribution in [3.63, 3.8) is 0 Å². The average Bonchev–Trinajstić information content (AvgIpc) is 2.46. The second kappa shape index (κ2) is 6.23. The largest absolute Gasteiger partial charge is 0.374 e. The van der Waals surface area contributed by atoms with Gasteiger partial charge in [0.1, 0.15) is 0 Å². The van der Waals surface area contributed by atoms with Gasteiger partial charge in [-0.05, 0) is 24.3 Å². The molecule has 0 spiro atoms. The molecule has 0 amide bonds. The second-order valence-electron chi connectivity index (χ2n) is 5.76. The molecular formula is C15H20FNO3S. The van der Waals surface area contributed by atoms with Crippen molar-refractivity contribution < 1.29 is 17.1 Å². The summed E-state index contributed by atoms with van der Waals surface area (Å²) in [5.41, 5.74) is 1.81. The van der Waals surface area contributed by atoms with Gasteiger partial charge in [-0.1, -0.05) is 42.0 Å². The van der Waals surface area contributed by atoms with Crippen LogP contribution in [0.2, 0.25) is 0 Å². The molecule has 0 saturated carbocycles. The lowest BCUT2D eigenvalue weighted by atomic mass is 9.89. The van der Waals surface area contributed by atoms with E-state index >= 15 is 0 Å². The normalized spacial score (nSPS) is 18.1. The molecule has 1 aliphatic heterocycles. The first-order chi connectivity index (χ1) is 9.79. The van der Waals surface area contributed by atoms with E-state index < -0.39 is 10.4 Å². The molecule has 0 bridgehead atoms. The summed E-state index contributed by atoms with van der Waals surface area (Å²) in [6, 6.07) is 7.52. The zero-order valence-corrected chi connectivity index (χ0v) is 13.1. The minimum absolute atomic E-state index is 0.0150. The maximum Gasteiger partial charge on any atom is 0.374 e. The van der Waals surface area contributed by atoms with Gasteiger partial charge in [0.05, 0.1) is 0 Å². The lowest BCUT2D eigenvalue weighted by Gasteiger charge is -2.27. The zero-order chi connectivity index (χ0) is 15.6. The third-order valence-electron chi connectivity index (χ3n) is 3.99. The fourth-order valence-corrected chi connectivity index (χ4v) is 3.25. The van der Waals surface area contributed by atoms with Gasteiger partial charge in [0.2, 0.25) is 0 Å². The van der Waals surface area contributed by atoms with E-state index in [-0.39, 0.29) is 24.8 Å². The summed E-state index contributed by atoms with van der Waals surface area (Å²) in [7, 11) is -4.63. The molecule has 6 heteroatoms. The maximum absolute atomic E-state index is 12.9. The van der Waals surface area contributed by atoms with Gasteiger partial charge in [-0.15, -0.1) is 0 Å². The highest BCUT2D eigenvalue weighted by Crippen LogP contribution is 2.24. The van der Waals surface area contributed by atoms with Gasteiger partial charge in [-0.3, -0.25) is 4.79 Å². The Balaban J connectivity index is 2.02. The SMILES string of the molecule is CC(C)c1ccc(C(=O)C2CCN(S(=O)(=O)F)CC2)cc1. The Morgan fingerprint density at radius 2 is 1.71 bits per heavy atom. The van der Waals surface area contributed by atoms with Crippen molar-refractivity contribution in [2.24, 2.45) is 5.92 Å². The lowest BCUT2D eigenvalue weighted by Crippen LogP contribution is -2.38. The maximum atomic E-state index is 12.9. The van der Waals surface area contributed by atoms with Crippen LogP contribution >= 0.6 is 0 Å². The molecule has 4 nitrogen and oxygen atoms in total. The van der Waals surface area contributed by atoms with Gasteiger partial charge in [0.15, 0.2) is 5.78 Å². The number of ketones is 1. The van der Waals surface area contributed by atoms with Crippen LogP contribution in [0.5, 0.6) is 0 Å². The highest BCUT2D eigenvalue weighted by molar-refractivity contribution is 7.83. The number of nitrogens with zero attached hydrogens (tertiary/aromatic N) is 1. The summed E-state index contributed by atoms with van der Waals surface area (Å²) in [5, 5.41) is 0. The highest BCUT2D eigenvalue weighted by Gasteiger charge is 2.31. The summed E-state index contributed by atoms with van der Waals surface area (Å²) in [6.45, 7) is 4.31. The van der Waals surface area contributed by atoms with Crippen molar-refractivity contribution in [1.29, 1.82) is 0 Å². The van der Waals surface area contributed by atoms with E-state index in [1.54, 1.807) is 0 Å². The number of benzene rings is 1. The predicted molar refractivity (Wildman–Crippen MR) is 79.2 cm³/mol. The van der Waals surface area contributed by atoms with Crippen LogP contribution in [-0.2, 0) is 10.4 Å². The van der Waals surface area contributed by atoms with Crippen molar-refractivity contribution >= 4 is 16.2 Å². The van der Waals surface area contributed by atoms with Crippen molar-refractivity contribution in [3.05, 3.63) is 35.4 Å². The summed E-state index contributed by atoms with van der Waals surface area (Å²) >= 11 is 0. The Labute approximate surface area is 125 Å². The third kappa shape index (κ3) is 3.89. The van der Waals surface area contributed by atoms with Gasteiger partial charge < -0.3 is 0 Å². The number of piperidine rings is 1. The molecule has 21 heavy (non-hydrogen) atoms. The minimum Gasteiger partial charge on any atom is -0.294 e. The summed E-state index contributed by atoms with van der Waals surface area (Å²) in [5.74, 6) is 0.196. The molecule has 1 aliphatic rings. The number of carbonyl (C=O) groups excluding carboxylic acids is 1. The van der Waals surface area contributed by atoms with Gasteiger partial charge in [-0.2, -0.15) is 12.7 Å². The van der Waals surface area contributed by atoms with E-state index in [0.29, 0.717) is 24.3 Å². The molecule has 1 heterocycles. The van der Waals surface area contributed by atoms with Gasteiger partial charge in [0, 0.05) is 24.6 Å². The van der Waals surface area contributed by atoms with Crippen LogP contribution in [0.25, 0.3) is 0 Å². The van der Waals surface area contributed by atoms with Crippen LogP contribution in [-0.4, -0.2) is 31.6 Å². The number of rotatable bonds is 4. The molecular weight excluding hydrogens is 293 g/mol. The Bertz CT molecular complexity index is 602. The Hall–Kier alpha value is -1.27. The van der Waals surface area contributed by atoms with Crippen LogP contribution in [0.1, 0.15) is 48.5 Å². The molecule has 2 rings (SSSR count). The van der Waals surface area contributed by atoms with Gasteiger partial charge in [0.25, 0.3) is 0 Å². The Morgan fingerprint density at radius 1 is 1.19 bits per heavy atom. The monoisotopic (exact) mass is 313 g/mol. The highest BCUT2D eigenvalue weighted by atomic mass is 32.3. The lowest BCUT2D eigenvalue weighted by molar-refractivity contribution is 0.0873. The fourth-order valence-electron chi connectivity index (χ4n) is 2.60. The van der Waals surface area contributed by atoms with E-state index in [4.69, 9.17) is 0 Å². The fraction of sp³-hybridized carbons (Fsp3) is 0.533. The average molecular weight is 313 g/mol. The quantitative estimate of drug-likeness (QED) is 0.634. The molecule has 1 aromatic rings. The zero-order valence-electron chi connectivity index (χ0n) is 12.3. The van der Waals surface area contributed by atoms with E-state index in [1.165, 1.54) is 5.56 Å². The minimum atomic E-state index is -4.63. The number of hydrogen-bond donors (Lipinski definition) is 0. The van der Waals surface area contributed by atoms with Crippen LogP contribution in [0.3, 0.4) is 0 Å². The van der Waals surface area contributed by atoms with Crippen LogP contribution < -0.4 is 0 Å². The molecule has 0 unspecified atom stereocenters. The van der Waals surface area contributed by atoms with Crippen LogP contribution in [0.4, 0.5) is 3.89 Å². The van der Waals surface area contributed by atoms with Gasteiger partial charge >= 0.3 is 10.4 Å². The van der Waals surface area contributed by atoms with Crippen molar-refractivity contribution in [3.8, 4) is 0 Å². The van der Waals surface area contributed by atoms with E-state index in [9.17, 15) is 17.1 Å². The number of halogens is 1. The first-order valence-electron chi connectivity index (χ1n) is 7.13. The van der Waals surface area contributed by atoms with Crippen LogP contribution in [0, 0.1) is 5.92 Å². The molecule has 116 valence electrons. The standard InChI is InChI=1S/C15H20FNO3S/c1-11(2)12-3-5-13(6-4-12)15(18)14-7-9-17(10-8-14)21(16,19)20/h3-6,11,14H,7-10H2,1-2H3. The molecule has 0 aliphatic carbocycles. The van der Waals surface area contributed by atoms with Crippen LogP contribution in [0.15, 0.2) is 24.3 Å². The number of hydrogen-bond acceptors (Lipinski definition) is 3. The van der Waals surface area contributed by atoms with E-state index in [2.05, 4.69) is 13.8 Å². The number of carbonyl (C=O) groups is 1. The topological polar surface area (TPSA) is 54.5 Å². The summed E-state index contributed by atoms with van der Waals surface area (Å²) in [4.78, 5) is 12.4. The van der Waals surface area contributed by atoms with E-state index in [0.717, 1.165) is 4.31 Å². The third-order valence-corrected chi connectivity index (χ3v) is 4.98. The van der Waals surface area contributed by atoms with Crippen molar-refractivity contribution in [2.75, 3.05) is 13.1 Å². The molecule has 0 atom stereocenters. The summed E-state index contributed by atoms with van der Waals surface area (Å²) in [6.07, 6.45) is 0.738. The molecule has 1 saturated heterocycles. The van der Waals surface area contributed by atoms with Gasteiger partial charge in [-0.25, -0.2) is 0 Å². The molecule has 0 aromatic heterocycles.